The fraction of sp³-hybridized carbons (Fsp3) is 0.238. The van der Waals surface area contributed by atoms with Gasteiger partial charge in [-0.2, -0.15) is 9.78 Å². The van der Waals surface area contributed by atoms with Crippen LogP contribution in [0, 0.1) is 13.8 Å². The van der Waals surface area contributed by atoms with E-state index in [4.69, 9.17) is 9.47 Å². The van der Waals surface area contributed by atoms with Crippen LogP contribution in [0.2, 0.25) is 0 Å². The smallest absolute Gasteiger partial charge is 0.296 e. The lowest BCUT2D eigenvalue weighted by Gasteiger charge is -2.13. The number of methoxy groups -OCH3 is 1. The summed E-state index contributed by atoms with van der Waals surface area (Å²) in [5.74, 6) is 1.14. The van der Waals surface area contributed by atoms with Crippen molar-refractivity contribution in [2.24, 2.45) is 5.10 Å². The first kappa shape index (κ1) is 20.6. The number of benzene rings is 2. The molecule has 0 atom stereocenters. The van der Waals surface area contributed by atoms with Crippen molar-refractivity contribution in [3.63, 3.8) is 0 Å². The van der Waals surface area contributed by atoms with Crippen LogP contribution in [0.4, 0.5) is 0 Å². The maximum atomic E-state index is 12.4. The number of rotatable bonds is 7. The molecule has 0 aliphatic carbocycles. The largest absolute Gasteiger partial charge is 0.493 e. The average molecular weight is 410 g/mol. The van der Waals surface area contributed by atoms with Gasteiger partial charge in [0.25, 0.3) is 5.56 Å². The van der Waals surface area contributed by atoms with Crippen molar-refractivity contribution in [1.82, 2.24) is 14.9 Å². The van der Waals surface area contributed by atoms with Gasteiger partial charge in [-0.1, -0.05) is 47.7 Å². The van der Waals surface area contributed by atoms with E-state index in [1.54, 1.807) is 20.2 Å². The van der Waals surface area contributed by atoms with Crippen molar-refractivity contribution in [3.8, 4) is 11.5 Å². The highest BCUT2D eigenvalue weighted by molar-refractivity contribution is 7.98. The molecule has 150 valence electrons. The molecule has 3 rings (SSSR count). The third kappa shape index (κ3) is 4.83. The molecule has 0 N–H and O–H groups in total. The molecule has 0 amide bonds. The van der Waals surface area contributed by atoms with Crippen molar-refractivity contribution in [2.45, 2.75) is 25.6 Å². The summed E-state index contributed by atoms with van der Waals surface area (Å²) in [7, 11) is 1.59. The molecule has 0 bridgehead atoms. The van der Waals surface area contributed by atoms with E-state index < -0.39 is 0 Å². The maximum Gasteiger partial charge on any atom is 0.296 e. The average Bonchev–Trinajstić information content (AvgIpc) is 2.73. The van der Waals surface area contributed by atoms with Crippen LogP contribution < -0.4 is 15.0 Å². The van der Waals surface area contributed by atoms with Crippen LogP contribution in [0.1, 0.15) is 22.4 Å². The highest BCUT2D eigenvalue weighted by Crippen LogP contribution is 2.31. The molecule has 3 aromatic rings. The molecule has 7 nitrogen and oxygen atoms in total. The van der Waals surface area contributed by atoms with E-state index in [9.17, 15) is 4.79 Å². The molecule has 0 saturated carbocycles. The Morgan fingerprint density at radius 2 is 1.97 bits per heavy atom. The monoisotopic (exact) mass is 410 g/mol. The zero-order chi connectivity index (χ0) is 20.8. The molecule has 0 spiro atoms. The van der Waals surface area contributed by atoms with Crippen molar-refractivity contribution in [2.75, 3.05) is 13.4 Å². The predicted octanol–water partition coefficient (Wildman–Crippen LogP) is 3.45. The Labute approximate surface area is 173 Å². The number of aromatic nitrogens is 3. The van der Waals surface area contributed by atoms with Gasteiger partial charge in [-0.15, -0.1) is 10.2 Å². The number of thioether (sulfide) groups is 1. The van der Waals surface area contributed by atoms with E-state index in [0.717, 1.165) is 11.1 Å². The second-order valence-corrected chi connectivity index (χ2v) is 7.06. The van der Waals surface area contributed by atoms with Gasteiger partial charge < -0.3 is 9.47 Å². The summed E-state index contributed by atoms with van der Waals surface area (Å²) in [5, 5.41) is 12.6. The zero-order valence-electron chi connectivity index (χ0n) is 16.7. The van der Waals surface area contributed by atoms with E-state index in [-0.39, 0.29) is 11.3 Å². The number of aryl methyl sites for hydroxylation is 2. The maximum absolute atomic E-state index is 12.4. The summed E-state index contributed by atoms with van der Waals surface area (Å²) >= 11 is 1.29. The Balaban J connectivity index is 1.95. The van der Waals surface area contributed by atoms with E-state index in [1.165, 1.54) is 16.4 Å². The van der Waals surface area contributed by atoms with Gasteiger partial charge in [0.05, 0.1) is 13.3 Å². The van der Waals surface area contributed by atoms with Gasteiger partial charge in [-0.25, -0.2) is 0 Å². The van der Waals surface area contributed by atoms with Crippen LogP contribution in [-0.2, 0) is 6.61 Å². The molecule has 8 heteroatoms. The molecule has 1 aromatic heterocycles. The van der Waals surface area contributed by atoms with Gasteiger partial charge in [0.15, 0.2) is 11.5 Å². The second-order valence-electron chi connectivity index (χ2n) is 6.29. The highest BCUT2D eigenvalue weighted by atomic mass is 32.2. The van der Waals surface area contributed by atoms with E-state index in [2.05, 4.69) is 21.4 Å². The van der Waals surface area contributed by atoms with Crippen LogP contribution in [0.5, 0.6) is 11.5 Å². The Hall–Kier alpha value is -3.13. The Morgan fingerprint density at radius 3 is 2.69 bits per heavy atom. The summed E-state index contributed by atoms with van der Waals surface area (Å²) in [6.45, 7) is 4.03. The van der Waals surface area contributed by atoms with E-state index in [0.29, 0.717) is 28.8 Å². The van der Waals surface area contributed by atoms with Crippen LogP contribution in [0.25, 0.3) is 0 Å². The first-order chi connectivity index (χ1) is 14.0. The van der Waals surface area contributed by atoms with Crippen molar-refractivity contribution in [1.29, 1.82) is 0 Å². The Bertz CT molecular complexity index is 1100. The molecule has 29 heavy (non-hydrogen) atoms. The lowest BCUT2D eigenvalue weighted by Crippen LogP contribution is -2.23. The van der Waals surface area contributed by atoms with Crippen LogP contribution in [-0.4, -0.2) is 34.5 Å². The molecule has 0 unspecified atom stereocenters. The molecule has 0 fully saturated rings. The molecule has 0 aliphatic rings. The Morgan fingerprint density at radius 1 is 1.17 bits per heavy atom. The third-order valence-electron chi connectivity index (χ3n) is 4.16. The van der Waals surface area contributed by atoms with Crippen molar-refractivity contribution >= 4 is 18.0 Å². The number of hydrogen-bond acceptors (Lipinski definition) is 7. The summed E-state index contributed by atoms with van der Waals surface area (Å²) in [5.41, 5.74) is 2.86. The van der Waals surface area contributed by atoms with E-state index in [1.807, 2.05) is 49.6 Å². The van der Waals surface area contributed by atoms with E-state index >= 15 is 0 Å². The summed E-state index contributed by atoms with van der Waals surface area (Å²) in [6.07, 6.45) is 3.38. The van der Waals surface area contributed by atoms with Gasteiger partial charge in [0.1, 0.15) is 12.3 Å². The van der Waals surface area contributed by atoms with Gasteiger partial charge in [-0.05, 0) is 37.8 Å². The summed E-state index contributed by atoms with van der Waals surface area (Å²) in [6, 6.07) is 13.6. The number of hydrogen-bond donors (Lipinski definition) is 0. The minimum Gasteiger partial charge on any atom is -0.493 e. The summed E-state index contributed by atoms with van der Waals surface area (Å²) in [4.78, 5) is 12.4. The van der Waals surface area contributed by atoms with Crippen LogP contribution >= 0.6 is 11.8 Å². The van der Waals surface area contributed by atoms with Gasteiger partial charge in [-0.3, -0.25) is 4.79 Å². The summed E-state index contributed by atoms with van der Waals surface area (Å²) < 4.78 is 12.8. The molecule has 2 aromatic carbocycles. The zero-order valence-corrected chi connectivity index (χ0v) is 17.6. The lowest BCUT2D eigenvalue weighted by molar-refractivity contribution is 0.284. The standard InChI is InChI=1S/C21H22N4O3S/c1-14-7-5-8-16(11-14)13-28-19-17(9-6-10-18(19)27-3)12-22-25-20(26)15(2)23-24-21(25)29-4/h5-12H,13H2,1-4H3/b22-12-. The normalized spacial score (nSPS) is 11.0. The number of ether oxygens (including phenoxy) is 2. The SMILES string of the molecule is COc1cccc(/C=N\n2c(SC)nnc(C)c2=O)c1OCc1cccc(C)c1. The fourth-order valence-electron chi connectivity index (χ4n) is 2.70. The van der Waals surface area contributed by atoms with Gasteiger partial charge in [0.2, 0.25) is 5.16 Å². The highest BCUT2D eigenvalue weighted by Gasteiger charge is 2.11. The molecular formula is C21H22N4O3S. The second kappa shape index (κ2) is 9.38. The van der Waals surface area contributed by atoms with Crippen LogP contribution in [0.3, 0.4) is 0 Å². The van der Waals surface area contributed by atoms with Gasteiger partial charge in [0, 0.05) is 5.56 Å². The van der Waals surface area contributed by atoms with Crippen LogP contribution in [0.15, 0.2) is 57.5 Å². The molecule has 0 aliphatic heterocycles. The number of nitrogens with zero attached hydrogens (tertiary/aromatic N) is 4. The molecular weight excluding hydrogens is 388 g/mol. The first-order valence-electron chi connectivity index (χ1n) is 8.93. The molecule has 0 radical (unpaired) electrons. The van der Waals surface area contributed by atoms with Gasteiger partial charge >= 0.3 is 0 Å². The Kier molecular flexibility index (Phi) is 6.66. The minimum absolute atomic E-state index is 0.279. The van der Waals surface area contributed by atoms with Crippen molar-refractivity contribution in [3.05, 3.63) is 75.2 Å². The quantitative estimate of drug-likeness (QED) is 0.439. The lowest BCUT2D eigenvalue weighted by atomic mass is 10.1. The molecule has 0 saturated heterocycles. The first-order valence-corrected chi connectivity index (χ1v) is 10.2. The third-order valence-corrected chi connectivity index (χ3v) is 4.78. The fourth-order valence-corrected chi connectivity index (χ4v) is 3.12. The molecule has 1 heterocycles. The van der Waals surface area contributed by atoms with Crippen molar-refractivity contribution < 1.29 is 9.47 Å². The minimum atomic E-state index is -0.314. The topological polar surface area (TPSA) is 78.6 Å². The predicted molar refractivity (Wildman–Crippen MR) is 114 cm³/mol. The number of para-hydroxylation sites is 1.